The van der Waals surface area contributed by atoms with Crippen LogP contribution in [-0.4, -0.2) is 11.0 Å². The summed E-state index contributed by atoms with van der Waals surface area (Å²) in [5.74, 6) is 0. The van der Waals surface area contributed by atoms with Crippen LogP contribution >= 0.6 is 0 Å². The molecule has 2 rings (SSSR count). The molecule has 0 atom stereocenters. The van der Waals surface area contributed by atoms with Crippen LogP contribution in [0, 0.1) is 21.4 Å². The Morgan fingerprint density at radius 1 is 1.10 bits per heavy atom. The van der Waals surface area contributed by atoms with Crippen molar-refractivity contribution in [1.29, 1.82) is 5.26 Å². The number of nitrogens with zero attached hydrogens (tertiary/aromatic N) is 2. The molecule has 2 aromatic carbocycles. The molecule has 0 aliphatic carbocycles. The Bertz CT molecular complexity index is 737. The molecule has 0 spiro atoms. The molecule has 0 saturated carbocycles. The van der Waals surface area contributed by atoms with E-state index in [0.29, 0.717) is 16.9 Å². The number of anilines is 2. The second kappa shape index (κ2) is 6.16. The lowest BCUT2D eigenvalue weighted by molar-refractivity contribution is -0.384. The van der Waals surface area contributed by atoms with E-state index in [2.05, 4.69) is 10.6 Å². The third-order valence-electron chi connectivity index (χ3n) is 2.56. The van der Waals surface area contributed by atoms with Crippen molar-refractivity contribution < 1.29 is 9.72 Å². The number of urea groups is 1. The van der Waals surface area contributed by atoms with E-state index in [1.165, 1.54) is 30.3 Å². The SMILES string of the molecule is N#Cc1cccc(NC(=O)Nc2cccc([N+](=O)[O-])c2)c1. The van der Waals surface area contributed by atoms with Crippen molar-refractivity contribution in [3.8, 4) is 6.07 Å². The fourth-order valence-corrected chi connectivity index (χ4v) is 1.66. The van der Waals surface area contributed by atoms with Gasteiger partial charge in [-0.15, -0.1) is 0 Å². The van der Waals surface area contributed by atoms with Crippen molar-refractivity contribution in [1.82, 2.24) is 0 Å². The molecule has 7 heteroatoms. The van der Waals surface area contributed by atoms with Crippen LogP contribution in [0.5, 0.6) is 0 Å². The molecule has 0 fully saturated rings. The van der Waals surface area contributed by atoms with Gasteiger partial charge in [-0.25, -0.2) is 4.79 Å². The standard InChI is InChI=1S/C14H10N4O3/c15-9-10-3-1-4-11(7-10)16-14(19)17-12-5-2-6-13(8-12)18(20)21/h1-8H,(H2,16,17,19). The summed E-state index contributed by atoms with van der Waals surface area (Å²) < 4.78 is 0. The minimum atomic E-state index is -0.550. The van der Waals surface area contributed by atoms with Crippen LogP contribution in [0.3, 0.4) is 0 Å². The maximum atomic E-state index is 11.8. The first-order valence-electron chi connectivity index (χ1n) is 5.91. The van der Waals surface area contributed by atoms with Crippen molar-refractivity contribution >= 4 is 23.1 Å². The number of hydrogen-bond donors (Lipinski definition) is 2. The molecule has 0 saturated heterocycles. The number of nitro groups is 1. The van der Waals surface area contributed by atoms with E-state index in [0.717, 1.165) is 0 Å². The molecule has 2 aromatic rings. The molecule has 2 N–H and O–H groups in total. The molecule has 0 radical (unpaired) electrons. The minimum absolute atomic E-state index is 0.112. The molecule has 0 unspecified atom stereocenters. The summed E-state index contributed by atoms with van der Waals surface area (Å²) in [6.45, 7) is 0. The summed E-state index contributed by atoms with van der Waals surface area (Å²) >= 11 is 0. The predicted molar refractivity (Wildman–Crippen MR) is 76.9 cm³/mol. The van der Waals surface area contributed by atoms with Gasteiger partial charge in [-0.1, -0.05) is 12.1 Å². The Labute approximate surface area is 120 Å². The lowest BCUT2D eigenvalue weighted by Gasteiger charge is -2.07. The minimum Gasteiger partial charge on any atom is -0.308 e. The lowest BCUT2D eigenvalue weighted by Crippen LogP contribution is -2.19. The molecule has 0 aromatic heterocycles. The van der Waals surface area contributed by atoms with Crippen molar-refractivity contribution in [3.05, 3.63) is 64.2 Å². The molecule has 0 aliphatic rings. The van der Waals surface area contributed by atoms with Gasteiger partial charge in [0.05, 0.1) is 16.6 Å². The first kappa shape index (κ1) is 14.0. The zero-order chi connectivity index (χ0) is 15.2. The highest BCUT2D eigenvalue weighted by molar-refractivity contribution is 5.99. The number of hydrogen-bond acceptors (Lipinski definition) is 4. The number of carbonyl (C=O) groups excluding carboxylic acids is 1. The van der Waals surface area contributed by atoms with Gasteiger partial charge in [0.1, 0.15) is 0 Å². The maximum Gasteiger partial charge on any atom is 0.323 e. The molecule has 104 valence electrons. The van der Waals surface area contributed by atoms with Gasteiger partial charge in [0.25, 0.3) is 5.69 Å². The number of non-ortho nitro benzene ring substituents is 1. The molecule has 7 nitrogen and oxygen atoms in total. The second-order valence-corrected chi connectivity index (χ2v) is 4.08. The largest absolute Gasteiger partial charge is 0.323 e. The van der Waals surface area contributed by atoms with Gasteiger partial charge in [-0.3, -0.25) is 10.1 Å². The van der Waals surface area contributed by atoms with E-state index in [1.807, 2.05) is 6.07 Å². The zero-order valence-corrected chi connectivity index (χ0v) is 10.7. The van der Waals surface area contributed by atoms with Crippen molar-refractivity contribution in [2.75, 3.05) is 10.6 Å². The number of nitro benzene ring substituents is 1. The number of amides is 2. The highest BCUT2D eigenvalue weighted by Gasteiger charge is 2.08. The summed E-state index contributed by atoms with van der Waals surface area (Å²) in [6, 6.07) is 13.4. The van der Waals surface area contributed by atoms with Crippen molar-refractivity contribution in [3.63, 3.8) is 0 Å². The molecular weight excluding hydrogens is 272 g/mol. The van der Waals surface area contributed by atoms with Crippen LogP contribution in [0.15, 0.2) is 48.5 Å². The number of nitrogens with one attached hydrogen (secondary N) is 2. The van der Waals surface area contributed by atoms with E-state index in [4.69, 9.17) is 5.26 Å². The fraction of sp³-hybridized carbons (Fsp3) is 0. The van der Waals surface area contributed by atoms with Crippen LogP contribution in [0.1, 0.15) is 5.56 Å². The number of nitriles is 1. The lowest BCUT2D eigenvalue weighted by atomic mass is 10.2. The van der Waals surface area contributed by atoms with Gasteiger partial charge < -0.3 is 10.6 Å². The average molecular weight is 282 g/mol. The Kier molecular flexibility index (Phi) is 4.11. The summed E-state index contributed by atoms with van der Waals surface area (Å²) in [5.41, 5.74) is 1.07. The van der Waals surface area contributed by atoms with Gasteiger partial charge in [-0.05, 0) is 24.3 Å². The molecule has 0 heterocycles. The Balaban J connectivity index is 2.06. The zero-order valence-electron chi connectivity index (χ0n) is 10.7. The number of benzene rings is 2. The predicted octanol–water partition coefficient (Wildman–Crippen LogP) is 3.11. The number of carbonyl (C=O) groups is 1. The Hall–Kier alpha value is -3.40. The van der Waals surface area contributed by atoms with Crippen LogP contribution in [0.25, 0.3) is 0 Å². The third kappa shape index (κ3) is 3.78. The first-order valence-corrected chi connectivity index (χ1v) is 5.91. The van der Waals surface area contributed by atoms with E-state index in [9.17, 15) is 14.9 Å². The summed E-state index contributed by atoms with van der Waals surface area (Å²) in [5, 5.41) is 24.4. The van der Waals surface area contributed by atoms with Gasteiger partial charge in [-0.2, -0.15) is 5.26 Å². The highest BCUT2D eigenvalue weighted by atomic mass is 16.6. The number of rotatable bonds is 3. The van der Waals surface area contributed by atoms with Gasteiger partial charge >= 0.3 is 6.03 Å². The maximum absolute atomic E-state index is 11.8. The molecular formula is C14H10N4O3. The van der Waals surface area contributed by atoms with Crippen LogP contribution in [0.4, 0.5) is 21.9 Å². The van der Waals surface area contributed by atoms with Crippen LogP contribution in [-0.2, 0) is 0 Å². The molecule has 0 bridgehead atoms. The Morgan fingerprint density at radius 3 is 2.33 bits per heavy atom. The van der Waals surface area contributed by atoms with Crippen molar-refractivity contribution in [2.24, 2.45) is 0 Å². The molecule has 2 amide bonds. The normalized spacial score (nSPS) is 9.48. The smallest absolute Gasteiger partial charge is 0.308 e. The van der Waals surface area contributed by atoms with Crippen LogP contribution < -0.4 is 10.6 Å². The van der Waals surface area contributed by atoms with Gasteiger partial charge in [0.15, 0.2) is 0 Å². The first-order chi connectivity index (χ1) is 10.1. The fourth-order valence-electron chi connectivity index (χ4n) is 1.66. The second-order valence-electron chi connectivity index (χ2n) is 4.08. The monoisotopic (exact) mass is 282 g/mol. The molecule has 21 heavy (non-hydrogen) atoms. The third-order valence-corrected chi connectivity index (χ3v) is 2.56. The van der Waals surface area contributed by atoms with Gasteiger partial charge in [0.2, 0.25) is 0 Å². The Morgan fingerprint density at radius 2 is 1.71 bits per heavy atom. The van der Waals surface area contributed by atoms with E-state index in [1.54, 1.807) is 18.2 Å². The van der Waals surface area contributed by atoms with E-state index >= 15 is 0 Å². The average Bonchev–Trinajstić information content (AvgIpc) is 2.47. The van der Waals surface area contributed by atoms with E-state index < -0.39 is 11.0 Å². The van der Waals surface area contributed by atoms with Crippen LogP contribution in [0.2, 0.25) is 0 Å². The van der Waals surface area contributed by atoms with Crippen molar-refractivity contribution in [2.45, 2.75) is 0 Å². The molecule has 0 aliphatic heterocycles. The summed E-state index contributed by atoms with van der Waals surface area (Å²) in [6.07, 6.45) is 0. The van der Waals surface area contributed by atoms with E-state index in [-0.39, 0.29) is 5.69 Å². The van der Waals surface area contributed by atoms with Gasteiger partial charge in [0, 0.05) is 23.5 Å². The topological polar surface area (TPSA) is 108 Å². The highest BCUT2D eigenvalue weighted by Crippen LogP contribution is 2.17. The summed E-state index contributed by atoms with van der Waals surface area (Å²) in [7, 11) is 0. The quantitative estimate of drug-likeness (QED) is 0.665. The summed E-state index contributed by atoms with van der Waals surface area (Å²) in [4.78, 5) is 21.9.